The average Bonchev–Trinajstić information content (AvgIpc) is 3.63. The summed E-state index contributed by atoms with van der Waals surface area (Å²) in [6.45, 7) is 2.35. The van der Waals surface area contributed by atoms with Gasteiger partial charge in [0.25, 0.3) is 5.91 Å². The minimum Gasteiger partial charge on any atom is -0.547 e. The van der Waals surface area contributed by atoms with Crippen LogP contribution in [0.2, 0.25) is 0 Å². The number of carbonyl (C=O) groups excluding carboxylic acids is 3. The summed E-state index contributed by atoms with van der Waals surface area (Å²) in [4.78, 5) is 36.1. The molecule has 12 heteroatoms. The number of epoxide rings is 1. The van der Waals surface area contributed by atoms with Crippen LogP contribution < -0.4 is 50.0 Å². The number of aliphatic carboxylic acids is 1. The van der Waals surface area contributed by atoms with Gasteiger partial charge in [0.1, 0.15) is 12.1 Å². The van der Waals surface area contributed by atoms with Gasteiger partial charge in [-0.15, -0.1) is 0 Å². The maximum Gasteiger partial charge on any atom is 1.00 e. The Hall–Kier alpha value is -2.28. The van der Waals surface area contributed by atoms with Gasteiger partial charge < -0.3 is 25.3 Å². The molecule has 0 bridgehead atoms. The van der Waals surface area contributed by atoms with Crippen LogP contribution >= 0.6 is 0 Å². The van der Waals surface area contributed by atoms with Gasteiger partial charge in [-0.1, -0.05) is 48.0 Å². The van der Waals surface area contributed by atoms with Gasteiger partial charge in [0.2, 0.25) is 15.9 Å². The number of sulfonamides is 1. The minimum atomic E-state index is -3.60. The fourth-order valence-electron chi connectivity index (χ4n) is 3.40. The summed E-state index contributed by atoms with van der Waals surface area (Å²) in [5.41, 5.74) is 1.77. The standard InChI is InChI=1S/C24H29N3O7S.Na/c1-16-9-11-18(12-10-16)35(32,33)26-14-6-5-13-25-22(28)19(15-17-7-3-2-4-8-17)27-23(29)20-21(34-20)24(30)31;/h2-4,7-12,19-21,26H,5-6,13-15H2,1H3,(H,25,28)(H,27,29)(H,30,31);/q;+1/p-1/t19-,20-,21-;/m0./s1. The molecule has 3 atom stereocenters. The van der Waals surface area contributed by atoms with E-state index in [1.165, 1.54) is 0 Å². The van der Waals surface area contributed by atoms with Crippen LogP contribution in [0, 0.1) is 6.92 Å². The molecular weight excluding hydrogens is 497 g/mol. The Morgan fingerprint density at radius 1 is 0.972 bits per heavy atom. The van der Waals surface area contributed by atoms with Gasteiger partial charge in [-0.2, -0.15) is 0 Å². The molecule has 1 aliphatic heterocycles. The molecule has 188 valence electrons. The van der Waals surface area contributed by atoms with Crippen LogP contribution in [-0.2, 0) is 35.6 Å². The van der Waals surface area contributed by atoms with Crippen LogP contribution in [0.5, 0.6) is 0 Å². The number of nitrogens with one attached hydrogen (secondary N) is 3. The molecule has 1 fully saturated rings. The zero-order valence-electron chi connectivity index (χ0n) is 20.2. The molecule has 2 amide bonds. The molecule has 0 saturated carbocycles. The van der Waals surface area contributed by atoms with Crippen molar-refractivity contribution >= 4 is 27.8 Å². The molecule has 2 aromatic rings. The van der Waals surface area contributed by atoms with Crippen molar-refractivity contribution < 1.29 is 62.2 Å². The Morgan fingerprint density at radius 3 is 2.22 bits per heavy atom. The molecule has 1 aliphatic rings. The smallest absolute Gasteiger partial charge is 0.547 e. The summed E-state index contributed by atoms with van der Waals surface area (Å²) in [7, 11) is -3.60. The number of rotatable bonds is 13. The Morgan fingerprint density at radius 2 is 1.61 bits per heavy atom. The van der Waals surface area contributed by atoms with Crippen LogP contribution in [0.4, 0.5) is 0 Å². The second kappa shape index (κ2) is 13.9. The summed E-state index contributed by atoms with van der Waals surface area (Å²) >= 11 is 0. The third kappa shape index (κ3) is 8.99. The van der Waals surface area contributed by atoms with Gasteiger partial charge >= 0.3 is 29.6 Å². The van der Waals surface area contributed by atoms with E-state index in [0.29, 0.717) is 12.8 Å². The average molecular weight is 526 g/mol. The number of carboxylic acid groups (broad SMARTS) is 1. The van der Waals surface area contributed by atoms with Crippen LogP contribution in [0.3, 0.4) is 0 Å². The zero-order valence-corrected chi connectivity index (χ0v) is 23.0. The Kier molecular flexibility index (Phi) is 11.5. The number of hydrogen-bond donors (Lipinski definition) is 3. The van der Waals surface area contributed by atoms with E-state index in [-0.39, 0.29) is 54.0 Å². The van der Waals surface area contributed by atoms with Crippen molar-refractivity contribution in [1.82, 2.24) is 15.4 Å². The molecule has 0 spiro atoms. The molecule has 2 aromatic carbocycles. The molecule has 3 N–H and O–H groups in total. The van der Waals surface area contributed by atoms with E-state index >= 15 is 0 Å². The van der Waals surface area contributed by atoms with Crippen molar-refractivity contribution in [2.45, 2.75) is 49.3 Å². The first-order valence-corrected chi connectivity index (χ1v) is 12.7. The van der Waals surface area contributed by atoms with Gasteiger partial charge in [-0.05, 0) is 37.5 Å². The van der Waals surface area contributed by atoms with Gasteiger partial charge in [-0.25, -0.2) is 13.1 Å². The van der Waals surface area contributed by atoms with Crippen LogP contribution in [0.15, 0.2) is 59.5 Å². The van der Waals surface area contributed by atoms with Gasteiger partial charge in [0.15, 0.2) is 6.10 Å². The zero-order chi connectivity index (χ0) is 25.4. The molecule has 36 heavy (non-hydrogen) atoms. The fourth-order valence-corrected chi connectivity index (χ4v) is 4.47. The molecule has 1 saturated heterocycles. The van der Waals surface area contributed by atoms with E-state index in [2.05, 4.69) is 15.4 Å². The van der Waals surface area contributed by atoms with E-state index in [4.69, 9.17) is 4.74 Å². The topological polar surface area (TPSA) is 157 Å². The maximum absolute atomic E-state index is 12.7. The predicted octanol–water partition coefficient (Wildman–Crippen LogP) is -3.58. The number of unbranched alkanes of at least 4 members (excludes halogenated alkanes) is 1. The number of carboxylic acids is 1. The number of benzene rings is 2. The number of aryl methyl sites for hydroxylation is 1. The summed E-state index contributed by atoms with van der Waals surface area (Å²) in [6, 6.07) is 14.7. The second-order valence-corrected chi connectivity index (χ2v) is 10.0. The van der Waals surface area contributed by atoms with Crippen molar-refractivity contribution in [3.05, 3.63) is 65.7 Å². The Bertz CT molecular complexity index is 1140. The van der Waals surface area contributed by atoms with E-state index in [1.807, 2.05) is 25.1 Å². The van der Waals surface area contributed by atoms with Gasteiger partial charge in [0.05, 0.1) is 10.9 Å². The van der Waals surface area contributed by atoms with Crippen LogP contribution in [0.25, 0.3) is 0 Å². The number of ether oxygens (including phenoxy) is 1. The van der Waals surface area contributed by atoms with E-state index in [9.17, 15) is 27.9 Å². The van der Waals surface area contributed by atoms with E-state index in [0.717, 1.165) is 11.1 Å². The first-order valence-electron chi connectivity index (χ1n) is 11.2. The molecule has 1 heterocycles. The van der Waals surface area contributed by atoms with E-state index in [1.54, 1.807) is 36.4 Å². The van der Waals surface area contributed by atoms with Crippen molar-refractivity contribution in [3.63, 3.8) is 0 Å². The minimum absolute atomic E-state index is 0. The number of hydrogen-bond acceptors (Lipinski definition) is 7. The van der Waals surface area contributed by atoms with Crippen molar-refractivity contribution in [2.24, 2.45) is 0 Å². The third-order valence-electron chi connectivity index (χ3n) is 5.42. The Labute approximate surface area is 232 Å². The molecule has 0 aliphatic carbocycles. The molecular formula is C24H28N3NaO7S. The molecule has 0 unspecified atom stereocenters. The van der Waals surface area contributed by atoms with Gasteiger partial charge in [0, 0.05) is 19.5 Å². The predicted molar refractivity (Wildman–Crippen MR) is 124 cm³/mol. The van der Waals surface area contributed by atoms with Crippen molar-refractivity contribution in [3.8, 4) is 0 Å². The second-order valence-electron chi connectivity index (χ2n) is 8.26. The summed E-state index contributed by atoms with van der Waals surface area (Å²) in [5, 5.41) is 16.1. The quantitative estimate of drug-likeness (QED) is 0.139. The van der Waals surface area contributed by atoms with Crippen molar-refractivity contribution in [2.75, 3.05) is 13.1 Å². The third-order valence-corrected chi connectivity index (χ3v) is 6.90. The fraction of sp³-hybridized carbons (Fsp3) is 0.375. The summed E-state index contributed by atoms with van der Waals surface area (Å²) in [5.74, 6) is -2.61. The molecule has 10 nitrogen and oxygen atoms in total. The van der Waals surface area contributed by atoms with Crippen molar-refractivity contribution in [1.29, 1.82) is 0 Å². The van der Waals surface area contributed by atoms with E-state index < -0.39 is 46.1 Å². The summed E-state index contributed by atoms with van der Waals surface area (Å²) < 4.78 is 31.9. The van der Waals surface area contributed by atoms with Crippen LogP contribution in [0.1, 0.15) is 24.0 Å². The normalized spacial score (nSPS) is 17.4. The Balaban J connectivity index is 0.00000456. The number of carbonyl (C=O) groups is 3. The van der Waals surface area contributed by atoms with Crippen LogP contribution in [-0.4, -0.2) is 57.5 Å². The monoisotopic (exact) mass is 525 g/mol. The SMILES string of the molecule is Cc1ccc(S(=O)(=O)NCCCCNC(=O)[C@H](Cc2ccccc2)NC(=O)[C@H]2O[C@@H]2C(=O)[O-])cc1.[Na+]. The molecule has 3 rings (SSSR count). The molecule has 0 aromatic heterocycles. The van der Waals surface area contributed by atoms with Gasteiger partial charge in [-0.3, -0.25) is 9.59 Å². The first-order chi connectivity index (χ1) is 16.7. The number of amides is 2. The maximum atomic E-state index is 12.7. The molecule has 0 radical (unpaired) electrons. The first kappa shape index (κ1) is 29.9. The summed E-state index contributed by atoms with van der Waals surface area (Å²) in [6.07, 6.45) is -1.28. The largest absolute Gasteiger partial charge is 1.00 e.